The molecule has 4 rings (SSSR count). The Balaban J connectivity index is 1.26. The van der Waals surface area contributed by atoms with E-state index < -0.39 is 0 Å². The van der Waals surface area contributed by atoms with E-state index in [0.717, 1.165) is 76.5 Å². The monoisotopic (exact) mass is 376 g/mol. The maximum atomic E-state index is 12.7. The van der Waals surface area contributed by atoms with Gasteiger partial charge in [0.25, 0.3) is 0 Å². The topological polar surface area (TPSA) is 69.4 Å². The standard InChI is InChI=1S/C20H32N4O3/c25-19(14-24-20(26)23-11-5-1-2-8-18(23)21-24)22-12-9-17(10-13-22)27-15-16-6-3-4-7-16/h16-17H,1-15H2. The molecule has 0 aromatic carbocycles. The molecule has 3 aliphatic rings. The van der Waals surface area contributed by atoms with Crippen LogP contribution in [0.4, 0.5) is 0 Å². The number of hydrogen-bond acceptors (Lipinski definition) is 4. The van der Waals surface area contributed by atoms with E-state index in [1.807, 2.05) is 4.90 Å². The van der Waals surface area contributed by atoms with Gasteiger partial charge in [0.2, 0.25) is 5.91 Å². The molecule has 1 amide bonds. The number of hydrogen-bond donors (Lipinski definition) is 0. The molecule has 0 spiro atoms. The van der Waals surface area contributed by atoms with Crippen molar-refractivity contribution < 1.29 is 9.53 Å². The molecule has 0 unspecified atom stereocenters. The van der Waals surface area contributed by atoms with Gasteiger partial charge in [-0.1, -0.05) is 19.3 Å². The number of ether oxygens (including phenoxy) is 1. The number of aryl methyl sites for hydroxylation is 1. The molecule has 150 valence electrons. The van der Waals surface area contributed by atoms with E-state index >= 15 is 0 Å². The summed E-state index contributed by atoms with van der Waals surface area (Å²) in [7, 11) is 0. The molecule has 0 bridgehead atoms. The third kappa shape index (κ3) is 4.45. The summed E-state index contributed by atoms with van der Waals surface area (Å²) in [6.45, 7) is 3.11. The number of piperidine rings is 1. The quantitative estimate of drug-likeness (QED) is 0.788. The lowest BCUT2D eigenvalue weighted by Crippen LogP contribution is -2.43. The fourth-order valence-electron chi connectivity index (χ4n) is 4.68. The van der Waals surface area contributed by atoms with Crippen LogP contribution in [0, 0.1) is 5.92 Å². The fourth-order valence-corrected chi connectivity index (χ4v) is 4.68. The second-order valence-corrected chi connectivity index (χ2v) is 8.38. The van der Waals surface area contributed by atoms with E-state index in [2.05, 4.69) is 5.10 Å². The lowest BCUT2D eigenvalue weighted by atomic mass is 10.1. The second-order valence-electron chi connectivity index (χ2n) is 8.38. The molecule has 0 N–H and O–H groups in total. The Morgan fingerprint density at radius 3 is 2.56 bits per heavy atom. The van der Waals surface area contributed by atoms with Gasteiger partial charge < -0.3 is 9.64 Å². The summed E-state index contributed by atoms with van der Waals surface area (Å²) in [6, 6.07) is 0. The number of amides is 1. The van der Waals surface area contributed by atoms with E-state index in [1.165, 1.54) is 30.4 Å². The molecule has 1 aliphatic carbocycles. The molecular formula is C20H32N4O3. The van der Waals surface area contributed by atoms with Crippen LogP contribution in [0.5, 0.6) is 0 Å². The average Bonchev–Trinajstić information content (AvgIpc) is 3.23. The van der Waals surface area contributed by atoms with Crippen LogP contribution in [0.1, 0.15) is 63.6 Å². The number of likely N-dealkylation sites (tertiary alicyclic amines) is 1. The van der Waals surface area contributed by atoms with Crippen LogP contribution in [0.3, 0.4) is 0 Å². The molecule has 1 saturated carbocycles. The molecule has 0 radical (unpaired) electrons. The Kier molecular flexibility index (Phi) is 5.95. The summed E-state index contributed by atoms with van der Waals surface area (Å²) in [5.74, 6) is 1.58. The van der Waals surface area contributed by atoms with E-state index in [0.29, 0.717) is 0 Å². The summed E-state index contributed by atoms with van der Waals surface area (Å²) >= 11 is 0. The third-order valence-corrected chi connectivity index (χ3v) is 6.40. The normalized spacial score (nSPS) is 22.0. The molecule has 1 aromatic rings. The van der Waals surface area contributed by atoms with Crippen LogP contribution in [-0.4, -0.2) is 51.0 Å². The van der Waals surface area contributed by atoms with Crippen LogP contribution in [-0.2, 0) is 29.0 Å². The Hall–Kier alpha value is -1.63. The zero-order valence-corrected chi connectivity index (χ0v) is 16.3. The summed E-state index contributed by atoms with van der Waals surface area (Å²) < 4.78 is 9.21. The molecule has 2 aliphatic heterocycles. The summed E-state index contributed by atoms with van der Waals surface area (Å²) in [6.07, 6.45) is 11.4. The van der Waals surface area contributed by atoms with Crippen molar-refractivity contribution in [3.05, 3.63) is 16.3 Å². The SMILES string of the molecule is O=C(Cn1nc2n(c1=O)CCCCC2)N1CCC(OCC2CCCC2)CC1. The van der Waals surface area contributed by atoms with E-state index in [-0.39, 0.29) is 24.2 Å². The minimum atomic E-state index is -0.130. The Morgan fingerprint density at radius 1 is 1.00 bits per heavy atom. The van der Waals surface area contributed by atoms with Crippen molar-refractivity contribution in [3.8, 4) is 0 Å². The molecule has 0 atom stereocenters. The van der Waals surface area contributed by atoms with Crippen molar-refractivity contribution in [1.82, 2.24) is 19.2 Å². The van der Waals surface area contributed by atoms with Gasteiger partial charge in [-0.3, -0.25) is 9.36 Å². The average molecular weight is 377 g/mol. The molecule has 7 nitrogen and oxygen atoms in total. The van der Waals surface area contributed by atoms with Crippen LogP contribution < -0.4 is 5.69 Å². The summed E-state index contributed by atoms with van der Waals surface area (Å²) in [5.41, 5.74) is -0.130. The minimum absolute atomic E-state index is 0.000368. The van der Waals surface area contributed by atoms with Crippen molar-refractivity contribution in [3.63, 3.8) is 0 Å². The predicted molar refractivity (Wildman–Crippen MR) is 102 cm³/mol. The first-order valence-corrected chi connectivity index (χ1v) is 10.8. The first-order valence-electron chi connectivity index (χ1n) is 10.8. The number of fused-ring (bicyclic) bond motifs is 1. The minimum Gasteiger partial charge on any atom is -0.378 e. The fraction of sp³-hybridized carbons (Fsp3) is 0.850. The van der Waals surface area contributed by atoms with Crippen LogP contribution >= 0.6 is 0 Å². The maximum Gasteiger partial charge on any atom is 0.346 e. The summed E-state index contributed by atoms with van der Waals surface area (Å²) in [5, 5.41) is 4.43. The van der Waals surface area contributed by atoms with Crippen molar-refractivity contribution >= 4 is 5.91 Å². The van der Waals surface area contributed by atoms with Gasteiger partial charge in [0.05, 0.1) is 6.10 Å². The maximum absolute atomic E-state index is 12.7. The van der Waals surface area contributed by atoms with Crippen molar-refractivity contribution in [2.45, 2.75) is 83.4 Å². The van der Waals surface area contributed by atoms with Gasteiger partial charge in [-0.05, 0) is 44.4 Å². The molecular weight excluding hydrogens is 344 g/mol. The lowest BCUT2D eigenvalue weighted by molar-refractivity contribution is -0.134. The van der Waals surface area contributed by atoms with Crippen molar-refractivity contribution in [2.24, 2.45) is 5.92 Å². The highest BCUT2D eigenvalue weighted by Gasteiger charge is 2.26. The number of carbonyl (C=O) groups excluding carboxylic acids is 1. The molecule has 2 fully saturated rings. The van der Waals surface area contributed by atoms with Gasteiger partial charge in [0.1, 0.15) is 12.4 Å². The molecule has 27 heavy (non-hydrogen) atoms. The van der Waals surface area contributed by atoms with Crippen molar-refractivity contribution in [1.29, 1.82) is 0 Å². The highest BCUT2D eigenvalue weighted by atomic mass is 16.5. The van der Waals surface area contributed by atoms with Crippen LogP contribution in [0.2, 0.25) is 0 Å². The molecule has 7 heteroatoms. The van der Waals surface area contributed by atoms with Crippen LogP contribution in [0.25, 0.3) is 0 Å². The van der Waals surface area contributed by atoms with Gasteiger partial charge in [0.15, 0.2) is 0 Å². The Morgan fingerprint density at radius 2 is 1.78 bits per heavy atom. The first kappa shape index (κ1) is 18.7. The number of carbonyl (C=O) groups is 1. The largest absolute Gasteiger partial charge is 0.378 e. The highest BCUT2D eigenvalue weighted by molar-refractivity contribution is 5.75. The van der Waals surface area contributed by atoms with Gasteiger partial charge in [-0.15, -0.1) is 0 Å². The summed E-state index contributed by atoms with van der Waals surface area (Å²) in [4.78, 5) is 27.0. The number of rotatable bonds is 5. The van der Waals surface area contributed by atoms with Crippen molar-refractivity contribution in [2.75, 3.05) is 19.7 Å². The number of aromatic nitrogens is 3. The molecule has 1 saturated heterocycles. The van der Waals surface area contributed by atoms with E-state index in [9.17, 15) is 9.59 Å². The Labute approximate surface area is 160 Å². The number of nitrogens with zero attached hydrogens (tertiary/aromatic N) is 4. The van der Waals surface area contributed by atoms with Crippen LogP contribution in [0.15, 0.2) is 4.79 Å². The first-order chi connectivity index (χ1) is 13.2. The lowest BCUT2D eigenvalue weighted by Gasteiger charge is -2.32. The predicted octanol–water partition coefficient (Wildman–Crippen LogP) is 1.97. The molecule has 3 heterocycles. The zero-order valence-electron chi connectivity index (χ0n) is 16.3. The van der Waals surface area contributed by atoms with Gasteiger partial charge in [-0.25, -0.2) is 9.48 Å². The smallest absolute Gasteiger partial charge is 0.346 e. The second kappa shape index (κ2) is 8.59. The van der Waals surface area contributed by atoms with Gasteiger partial charge in [-0.2, -0.15) is 5.10 Å². The van der Waals surface area contributed by atoms with E-state index in [4.69, 9.17) is 4.74 Å². The molecule has 1 aromatic heterocycles. The Bertz CT molecular complexity index is 697. The van der Waals surface area contributed by atoms with Gasteiger partial charge >= 0.3 is 5.69 Å². The van der Waals surface area contributed by atoms with Gasteiger partial charge in [0, 0.05) is 32.7 Å². The highest BCUT2D eigenvalue weighted by Crippen LogP contribution is 2.26. The third-order valence-electron chi connectivity index (χ3n) is 6.40. The zero-order chi connectivity index (χ0) is 18.6. The van der Waals surface area contributed by atoms with E-state index in [1.54, 1.807) is 4.57 Å².